The summed E-state index contributed by atoms with van der Waals surface area (Å²) in [4.78, 5) is 65.1. The van der Waals surface area contributed by atoms with Gasteiger partial charge >= 0.3 is 0 Å². The van der Waals surface area contributed by atoms with Gasteiger partial charge in [0.1, 0.15) is 146 Å². The van der Waals surface area contributed by atoms with E-state index in [0.717, 1.165) is 59.8 Å². The van der Waals surface area contributed by atoms with E-state index in [2.05, 4.69) is 45.3 Å². The third-order valence-electron chi connectivity index (χ3n) is 17.6. The fourth-order valence-corrected chi connectivity index (χ4v) is 12.5. The molecule has 18 N–H and O–H groups in total. The molecular weight excluding hydrogens is 1320 g/mol. The summed E-state index contributed by atoms with van der Waals surface area (Å²) in [7, 11) is 1.21. The van der Waals surface area contributed by atoms with E-state index < -0.39 is 246 Å². The topological polar surface area (TPSA) is 528 Å². The van der Waals surface area contributed by atoms with Gasteiger partial charge in [-0.05, 0) is 38.0 Å². The molecule has 6 saturated heterocycles. The molecular formula is C63H99N5O31. The Balaban J connectivity index is 1.07. The molecule has 5 amide bonds. The molecule has 0 radical (unpaired) electrons. The lowest BCUT2D eigenvalue weighted by Gasteiger charge is -2.51. The van der Waals surface area contributed by atoms with Crippen LogP contribution in [0.15, 0.2) is 24.3 Å². The zero-order valence-electron chi connectivity index (χ0n) is 56.0. The van der Waals surface area contributed by atoms with E-state index in [1.807, 2.05) is 0 Å². The summed E-state index contributed by atoms with van der Waals surface area (Å²) >= 11 is 0. The number of benzene rings is 1. The number of amides is 5. The number of ether oxygens (including phenoxy) is 13. The first-order valence-corrected chi connectivity index (χ1v) is 33.0. The average Bonchev–Trinajstić information content (AvgIpc) is 0.771. The summed E-state index contributed by atoms with van der Waals surface area (Å²) in [6.45, 7) is 3.43. The van der Waals surface area contributed by atoms with Gasteiger partial charge in [0.05, 0.1) is 45.7 Å². The zero-order valence-corrected chi connectivity index (χ0v) is 56.0. The maximum absolute atomic E-state index is 13.9. The number of rotatable bonds is 30. The molecule has 6 fully saturated rings. The number of methoxy groups -OCH3 is 1. The van der Waals surface area contributed by atoms with Crippen LogP contribution in [0.4, 0.5) is 0 Å². The molecule has 6 heterocycles. The zero-order chi connectivity index (χ0) is 72.5. The molecule has 1 aromatic rings. The number of nitrogens with one attached hydrogen (secondary N) is 5. The molecule has 0 bridgehead atoms. The van der Waals surface area contributed by atoms with Crippen LogP contribution in [0.25, 0.3) is 0 Å². The van der Waals surface area contributed by atoms with E-state index in [9.17, 15) is 90.4 Å². The van der Waals surface area contributed by atoms with E-state index >= 15 is 0 Å². The highest BCUT2D eigenvalue weighted by atomic mass is 16.8. The summed E-state index contributed by atoms with van der Waals surface area (Å²) < 4.78 is 77.9. The predicted molar refractivity (Wildman–Crippen MR) is 332 cm³/mol. The molecule has 30 atom stereocenters. The van der Waals surface area contributed by atoms with Crippen molar-refractivity contribution < 1.29 is 152 Å². The van der Waals surface area contributed by atoms with E-state index in [-0.39, 0.29) is 12.2 Å². The Morgan fingerprint density at radius 3 is 1.35 bits per heavy atom. The van der Waals surface area contributed by atoms with Crippen LogP contribution in [0.2, 0.25) is 0 Å². The standard InChI is InChI=1S/C63H99N5O31/c1-8-9-10-11-12-13-14-15-16-20-88-33-19-17-18-32(21-33)57(85)68-40-46(79)45(78)34(22-69)92-59(40)96-52-35(23-70)93-60(41(48(52)81)65-29(4)74)97-53-36(24-71)94-61(42(49(53)82)66-30(5)75)98-54-37(25-72)95-62(43(50(54)83)67-31(6)76)99-55-38(91-58(86)39(47(55)80)64-28(3)73)26-89-63-56(87-7)51(84)44(77)27(2)90-63/h17-19,21,27,34-56,58-63,69-72,77-84,86H,8-12,15-16,20,22-26H2,1-7H3,(H,64,73)(H,65,74)(H,66,75)(H,67,76)(H,68,85)/t27?,34?,35-,36?,37-,38?,39-,40+,41?,42-,43?,44?,45+,46+,47+,48?,49+,50?,51-,52+,53?,54+,55?,56+,58?,59?,60-,61-,62-,63+/m0/s1. The number of hydrogen-bond acceptors (Lipinski definition) is 31. The van der Waals surface area contributed by atoms with Crippen molar-refractivity contribution in [1.29, 1.82) is 0 Å². The van der Waals surface area contributed by atoms with Crippen LogP contribution in [0.5, 0.6) is 5.75 Å². The highest BCUT2D eigenvalue weighted by Gasteiger charge is 2.58. The van der Waals surface area contributed by atoms with Crippen molar-refractivity contribution in [3.8, 4) is 17.6 Å². The van der Waals surface area contributed by atoms with Crippen LogP contribution < -0.4 is 31.3 Å². The number of hydrogen-bond donors (Lipinski definition) is 18. The van der Waals surface area contributed by atoms with Gasteiger partial charge in [-0.1, -0.05) is 32.3 Å². The molecule has 36 nitrogen and oxygen atoms in total. The monoisotopic (exact) mass is 1420 g/mol. The van der Waals surface area contributed by atoms with Crippen molar-refractivity contribution in [2.45, 2.75) is 270 Å². The Kier molecular flexibility index (Phi) is 31.5. The van der Waals surface area contributed by atoms with Crippen molar-refractivity contribution in [2.24, 2.45) is 0 Å². The first kappa shape index (κ1) is 81.2. The van der Waals surface area contributed by atoms with Crippen molar-refractivity contribution in [3.05, 3.63) is 29.8 Å². The third-order valence-corrected chi connectivity index (χ3v) is 17.6. The fourth-order valence-electron chi connectivity index (χ4n) is 12.5. The first-order valence-electron chi connectivity index (χ1n) is 33.0. The minimum atomic E-state index is -2.07. The summed E-state index contributed by atoms with van der Waals surface area (Å²) in [5.41, 5.74) is 0.0342. The van der Waals surface area contributed by atoms with E-state index in [0.29, 0.717) is 18.6 Å². The van der Waals surface area contributed by atoms with Gasteiger partial charge in [0, 0.05) is 53.2 Å². The Bertz CT molecular complexity index is 2790. The summed E-state index contributed by atoms with van der Waals surface area (Å²) in [5, 5.41) is 158. The van der Waals surface area contributed by atoms with E-state index in [4.69, 9.17) is 61.6 Å². The maximum Gasteiger partial charge on any atom is 0.251 e. The smallest absolute Gasteiger partial charge is 0.251 e. The Morgan fingerprint density at radius 1 is 0.465 bits per heavy atom. The van der Waals surface area contributed by atoms with Gasteiger partial charge < -0.3 is 155 Å². The Morgan fingerprint density at radius 2 is 0.899 bits per heavy atom. The molecule has 36 heteroatoms. The second kappa shape index (κ2) is 38.4. The van der Waals surface area contributed by atoms with Crippen molar-refractivity contribution in [3.63, 3.8) is 0 Å². The normalized spacial score (nSPS) is 39.4. The number of aliphatic hydroxyl groups is 13. The molecule has 562 valence electrons. The van der Waals surface area contributed by atoms with Crippen LogP contribution in [0.1, 0.15) is 96.8 Å². The average molecular weight is 1420 g/mol. The summed E-state index contributed by atoms with van der Waals surface area (Å²) in [6, 6.07) is -2.53. The van der Waals surface area contributed by atoms with Gasteiger partial charge in [-0.3, -0.25) is 24.0 Å². The molecule has 99 heavy (non-hydrogen) atoms. The maximum atomic E-state index is 13.9. The van der Waals surface area contributed by atoms with Crippen LogP contribution in [-0.4, -0.2) is 327 Å². The SMILES string of the molecule is CCCCCCC#CCCCOc1cccc(C(=O)N[C@H]2C(O[C@H]3C(O)C(NC(C)=O)[C@H](OC4C(CO)O[C@@H](O[C@H]5C(O)C(NC(C)=O)[C@H](OC6C(CO[C@@H]7OC(C)C(O)[C@H](O)[C@H]7OC)OC(O)[C@@H](NC(C)=O)[C@H]6O)O[C@H]5CO)[C@@H](NC(C)=O)[C@H]4O)O[C@H]3CO)OC(CO)[C@@H](O)[C@@H]2O)c1. The molecule has 0 aliphatic carbocycles. The lowest BCUT2D eigenvalue weighted by atomic mass is 9.93. The summed E-state index contributed by atoms with van der Waals surface area (Å²) in [5.74, 6) is 2.59. The number of carbonyl (C=O) groups excluding carboxylic acids is 5. The van der Waals surface area contributed by atoms with E-state index in [1.165, 1.54) is 26.2 Å². The molecule has 6 aliphatic heterocycles. The summed E-state index contributed by atoms with van der Waals surface area (Å²) in [6.07, 6.45) is -37.0. The molecule has 1 aromatic carbocycles. The third kappa shape index (κ3) is 20.9. The van der Waals surface area contributed by atoms with E-state index in [1.54, 1.807) is 12.1 Å². The van der Waals surface area contributed by atoms with Gasteiger partial charge in [0.25, 0.3) is 5.91 Å². The van der Waals surface area contributed by atoms with Gasteiger partial charge in [-0.15, -0.1) is 11.8 Å². The second-order valence-electron chi connectivity index (χ2n) is 25.1. The fraction of sp³-hybridized carbons (Fsp3) is 0.794. The minimum Gasteiger partial charge on any atom is -0.494 e. The molecule has 13 unspecified atom stereocenters. The Hall–Kier alpha value is -5.07. The van der Waals surface area contributed by atoms with Crippen molar-refractivity contribution in [2.75, 3.05) is 46.8 Å². The number of unbranched alkanes of at least 4 members (excludes halogenated alkanes) is 5. The molecule has 0 aromatic heterocycles. The van der Waals surface area contributed by atoms with Gasteiger partial charge in [-0.2, -0.15) is 0 Å². The van der Waals surface area contributed by atoms with Gasteiger partial charge in [0.2, 0.25) is 23.6 Å². The first-order chi connectivity index (χ1) is 47.2. The van der Waals surface area contributed by atoms with Crippen molar-refractivity contribution in [1.82, 2.24) is 26.6 Å². The highest BCUT2D eigenvalue weighted by molar-refractivity contribution is 5.94. The lowest BCUT2D eigenvalue weighted by Crippen LogP contribution is -2.72. The number of carbonyl (C=O) groups is 5. The molecule has 7 rings (SSSR count). The largest absolute Gasteiger partial charge is 0.494 e. The van der Waals surface area contributed by atoms with Crippen LogP contribution in [0.3, 0.4) is 0 Å². The van der Waals surface area contributed by atoms with Gasteiger partial charge in [0.15, 0.2) is 37.7 Å². The quantitative estimate of drug-likeness (QED) is 0.0251. The molecule has 6 aliphatic rings. The Labute approximate surface area is 571 Å². The van der Waals surface area contributed by atoms with Crippen molar-refractivity contribution >= 4 is 29.5 Å². The molecule has 0 saturated carbocycles. The highest BCUT2D eigenvalue weighted by Crippen LogP contribution is 2.37. The van der Waals surface area contributed by atoms with Gasteiger partial charge in [-0.25, -0.2) is 0 Å². The second-order valence-corrected chi connectivity index (χ2v) is 25.1. The van der Waals surface area contributed by atoms with Crippen LogP contribution in [0, 0.1) is 11.8 Å². The lowest BCUT2D eigenvalue weighted by molar-refractivity contribution is -0.368. The minimum absolute atomic E-state index is 0.0342. The number of aliphatic hydroxyl groups excluding tert-OH is 13. The predicted octanol–water partition coefficient (Wildman–Crippen LogP) is -7.27. The van der Waals surface area contributed by atoms with Crippen LogP contribution >= 0.6 is 0 Å². The van der Waals surface area contributed by atoms with Crippen LogP contribution in [-0.2, 0) is 76.0 Å². The molecule has 0 spiro atoms.